The Labute approximate surface area is 109 Å². The van der Waals surface area contributed by atoms with E-state index in [0.29, 0.717) is 23.1 Å². The summed E-state index contributed by atoms with van der Waals surface area (Å²) in [6.45, 7) is 3.90. The molecule has 0 fully saturated rings. The van der Waals surface area contributed by atoms with Crippen LogP contribution in [0.15, 0.2) is 27.7 Å². The number of nitrogens with zero attached hydrogens (tertiary/aromatic N) is 2. The van der Waals surface area contributed by atoms with E-state index in [9.17, 15) is 4.79 Å². The fourth-order valence-corrected chi connectivity index (χ4v) is 1.71. The van der Waals surface area contributed by atoms with Crippen molar-refractivity contribution in [2.24, 2.45) is 10.2 Å². The third-order valence-electron chi connectivity index (χ3n) is 1.77. The largest absolute Gasteiger partial charge is 0.461 e. The van der Waals surface area contributed by atoms with Crippen LogP contribution in [0.2, 0.25) is 0 Å². The van der Waals surface area contributed by atoms with Gasteiger partial charge in [0.05, 0.1) is 11.5 Å². The second kappa shape index (κ2) is 7.19. The van der Waals surface area contributed by atoms with E-state index in [-0.39, 0.29) is 5.71 Å². The van der Waals surface area contributed by atoms with Crippen LogP contribution in [0.5, 0.6) is 0 Å². The van der Waals surface area contributed by atoms with Crippen molar-refractivity contribution in [2.75, 3.05) is 6.61 Å². The number of thiophene rings is 1. The molecule has 0 bridgehead atoms. The third kappa shape index (κ3) is 4.28. The Morgan fingerprint density at radius 3 is 2.76 bits per heavy atom. The second-order valence-electron chi connectivity index (χ2n) is 2.98. The average molecular weight is 273 g/mol. The summed E-state index contributed by atoms with van der Waals surface area (Å²) in [4.78, 5) is 12.4. The molecule has 0 amide bonds. The van der Waals surface area contributed by atoms with Crippen LogP contribution < -0.4 is 0 Å². The van der Waals surface area contributed by atoms with Gasteiger partial charge in [0.1, 0.15) is 5.17 Å². The van der Waals surface area contributed by atoms with Crippen LogP contribution in [0, 0.1) is 0 Å². The van der Waals surface area contributed by atoms with E-state index < -0.39 is 5.97 Å². The first-order valence-corrected chi connectivity index (χ1v) is 6.45. The molecule has 0 aliphatic carbocycles. The van der Waals surface area contributed by atoms with Gasteiger partial charge in [-0.3, -0.25) is 0 Å². The second-order valence-corrected chi connectivity index (χ2v) is 4.36. The van der Waals surface area contributed by atoms with Crippen molar-refractivity contribution in [1.29, 1.82) is 0 Å². The SMILES string of the molecule is CCOC(=O)C(=NN=C(Cl)CC)c1cccs1. The minimum absolute atomic E-state index is 0.188. The van der Waals surface area contributed by atoms with Crippen molar-refractivity contribution >= 4 is 39.8 Å². The Morgan fingerprint density at radius 2 is 2.24 bits per heavy atom. The molecular weight excluding hydrogens is 260 g/mol. The number of carbonyl (C=O) groups is 1. The molecule has 92 valence electrons. The first-order chi connectivity index (χ1) is 8.19. The molecule has 0 N–H and O–H groups in total. The first-order valence-electron chi connectivity index (χ1n) is 5.20. The van der Waals surface area contributed by atoms with Gasteiger partial charge in [0.15, 0.2) is 5.71 Å². The zero-order chi connectivity index (χ0) is 12.7. The van der Waals surface area contributed by atoms with Crippen LogP contribution >= 0.6 is 22.9 Å². The van der Waals surface area contributed by atoms with Crippen LogP contribution in [0.25, 0.3) is 0 Å². The fraction of sp³-hybridized carbons (Fsp3) is 0.364. The van der Waals surface area contributed by atoms with Gasteiger partial charge in [-0.2, -0.15) is 0 Å². The van der Waals surface area contributed by atoms with E-state index in [0.717, 1.165) is 0 Å². The molecule has 1 heterocycles. The lowest BCUT2D eigenvalue weighted by Gasteiger charge is -2.01. The third-order valence-corrected chi connectivity index (χ3v) is 2.99. The predicted octanol–water partition coefficient (Wildman–Crippen LogP) is 3.06. The zero-order valence-corrected chi connectivity index (χ0v) is 11.2. The highest BCUT2D eigenvalue weighted by atomic mass is 35.5. The first kappa shape index (κ1) is 13.9. The molecule has 0 atom stereocenters. The molecule has 1 aromatic heterocycles. The summed E-state index contributed by atoms with van der Waals surface area (Å²) in [5.74, 6) is -0.487. The van der Waals surface area contributed by atoms with E-state index in [1.165, 1.54) is 11.3 Å². The van der Waals surface area contributed by atoms with Crippen LogP contribution in [0.3, 0.4) is 0 Å². The molecule has 0 saturated carbocycles. The van der Waals surface area contributed by atoms with E-state index in [2.05, 4.69) is 10.2 Å². The lowest BCUT2D eigenvalue weighted by molar-refractivity contribution is -0.134. The number of carbonyl (C=O) groups excluding carboxylic acids is 1. The Hall–Kier alpha value is -1.20. The van der Waals surface area contributed by atoms with Gasteiger partial charge in [-0.15, -0.1) is 21.5 Å². The van der Waals surface area contributed by atoms with E-state index >= 15 is 0 Å². The molecular formula is C11H13ClN2O2S. The van der Waals surface area contributed by atoms with Gasteiger partial charge in [0.2, 0.25) is 0 Å². The lowest BCUT2D eigenvalue weighted by atomic mass is 10.3. The molecule has 0 aliphatic rings. The van der Waals surface area contributed by atoms with Gasteiger partial charge >= 0.3 is 5.97 Å². The summed E-state index contributed by atoms with van der Waals surface area (Å²) < 4.78 is 4.92. The van der Waals surface area contributed by atoms with Crippen molar-refractivity contribution in [3.05, 3.63) is 22.4 Å². The molecule has 0 spiro atoms. The van der Waals surface area contributed by atoms with Crippen molar-refractivity contribution in [3.8, 4) is 0 Å². The minimum atomic E-state index is -0.487. The molecule has 0 saturated heterocycles. The predicted molar refractivity (Wildman–Crippen MR) is 71.1 cm³/mol. The molecule has 1 rings (SSSR count). The van der Waals surface area contributed by atoms with Crippen LogP contribution in [0.4, 0.5) is 0 Å². The molecule has 6 heteroatoms. The van der Waals surface area contributed by atoms with Gasteiger partial charge in [-0.25, -0.2) is 4.79 Å². The molecule has 17 heavy (non-hydrogen) atoms. The highest BCUT2D eigenvalue weighted by Crippen LogP contribution is 2.12. The monoisotopic (exact) mass is 272 g/mol. The van der Waals surface area contributed by atoms with Gasteiger partial charge in [-0.1, -0.05) is 24.6 Å². The summed E-state index contributed by atoms with van der Waals surface area (Å²) >= 11 is 7.15. The Bertz CT molecular complexity index is 427. The lowest BCUT2D eigenvalue weighted by Crippen LogP contribution is -2.17. The number of hydrogen-bond acceptors (Lipinski definition) is 5. The minimum Gasteiger partial charge on any atom is -0.461 e. The molecule has 1 aromatic rings. The Balaban J connectivity index is 2.99. The van der Waals surface area contributed by atoms with Crippen molar-refractivity contribution in [2.45, 2.75) is 20.3 Å². The average Bonchev–Trinajstić information content (AvgIpc) is 2.83. The van der Waals surface area contributed by atoms with Crippen LogP contribution in [0.1, 0.15) is 25.1 Å². The highest BCUT2D eigenvalue weighted by Gasteiger charge is 2.16. The van der Waals surface area contributed by atoms with Gasteiger partial charge in [0, 0.05) is 0 Å². The Morgan fingerprint density at radius 1 is 1.47 bits per heavy atom. The van der Waals surface area contributed by atoms with Crippen molar-refractivity contribution in [3.63, 3.8) is 0 Å². The molecule has 0 unspecified atom stereocenters. The maximum absolute atomic E-state index is 11.7. The molecule has 0 aliphatic heterocycles. The van der Waals surface area contributed by atoms with Crippen LogP contribution in [-0.2, 0) is 9.53 Å². The van der Waals surface area contributed by atoms with Crippen LogP contribution in [-0.4, -0.2) is 23.5 Å². The zero-order valence-electron chi connectivity index (χ0n) is 9.64. The van der Waals surface area contributed by atoms with Gasteiger partial charge in [0.25, 0.3) is 0 Å². The standard InChI is InChI=1S/C11H13ClN2O2S/c1-3-9(12)13-14-10(11(15)16-4-2)8-6-5-7-17-8/h5-7H,3-4H2,1-2H3. The maximum atomic E-state index is 11.7. The van der Waals surface area contributed by atoms with E-state index in [1.54, 1.807) is 13.0 Å². The topological polar surface area (TPSA) is 51.0 Å². The summed E-state index contributed by atoms with van der Waals surface area (Å²) in [6.07, 6.45) is 0.575. The van der Waals surface area contributed by atoms with Crippen molar-refractivity contribution in [1.82, 2.24) is 0 Å². The van der Waals surface area contributed by atoms with Gasteiger partial charge < -0.3 is 4.74 Å². The van der Waals surface area contributed by atoms with E-state index in [4.69, 9.17) is 16.3 Å². The summed E-state index contributed by atoms with van der Waals surface area (Å²) in [5, 5.41) is 9.85. The quantitative estimate of drug-likeness (QED) is 0.470. The van der Waals surface area contributed by atoms with Gasteiger partial charge in [-0.05, 0) is 24.8 Å². The smallest absolute Gasteiger partial charge is 0.360 e. The fourth-order valence-electron chi connectivity index (χ4n) is 0.978. The number of halogens is 1. The van der Waals surface area contributed by atoms with Crippen molar-refractivity contribution < 1.29 is 9.53 Å². The molecule has 0 aromatic carbocycles. The number of esters is 1. The highest BCUT2D eigenvalue weighted by molar-refractivity contribution is 7.13. The number of rotatable bonds is 5. The molecule has 4 nitrogen and oxygen atoms in total. The molecule has 0 radical (unpaired) electrons. The summed E-state index contributed by atoms with van der Waals surface area (Å²) in [5.41, 5.74) is 0.188. The normalized spacial score (nSPS) is 12.6. The summed E-state index contributed by atoms with van der Waals surface area (Å²) in [6, 6.07) is 3.62. The number of hydrogen-bond donors (Lipinski definition) is 0. The summed E-state index contributed by atoms with van der Waals surface area (Å²) in [7, 11) is 0. The maximum Gasteiger partial charge on any atom is 0.360 e. The van der Waals surface area contributed by atoms with E-state index in [1.807, 2.05) is 18.4 Å². The Kier molecular flexibility index (Phi) is 5.86. The number of ether oxygens (including phenoxy) is 1.